The lowest BCUT2D eigenvalue weighted by Gasteiger charge is -2.36. The van der Waals surface area contributed by atoms with Gasteiger partial charge in [0.1, 0.15) is 0 Å². The molecule has 24 heavy (non-hydrogen) atoms. The molecule has 1 aliphatic heterocycles. The molecule has 1 aliphatic rings. The van der Waals surface area contributed by atoms with Gasteiger partial charge in [-0.3, -0.25) is 4.79 Å². The van der Waals surface area contributed by atoms with Gasteiger partial charge >= 0.3 is 0 Å². The minimum absolute atomic E-state index is 0.0538. The van der Waals surface area contributed by atoms with Gasteiger partial charge in [-0.25, -0.2) is 8.78 Å². The summed E-state index contributed by atoms with van der Waals surface area (Å²) in [4.78, 5) is 14.5. The predicted octanol–water partition coefficient (Wildman–Crippen LogP) is 3.77. The number of carbonyl (C=O) groups excluding carboxylic acids is 1. The third kappa shape index (κ3) is 3.79. The summed E-state index contributed by atoms with van der Waals surface area (Å²) in [6.45, 7) is 1.45. The maximum atomic E-state index is 12.8. The van der Waals surface area contributed by atoms with Crippen molar-refractivity contribution in [2.75, 3.05) is 19.8 Å². The zero-order valence-electron chi connectivity index (χ0n) is 13.2. The van der Waals surface area contributed by atoms with Gasteiger partial charge in [0.15, 0.2) is 0 Å². The first kappa shape index (κ1) is 16.6. The summed E-state index contributed by atoms with van der Waals surface area (Å²) in [6.07, 6.45) is -2.41. The van der Waals surface area contributed by atoms with Crippen LogP contribution < -0.4 is 0 Å². The lowest BCUT2D eigenvalue weighted by atomic mass is 10.0. The second-order valence-corrected chi connectivity index (χ2v) is 5.81. The van der Waals surface area contributed by atoms with E-state index in [1.54, 1.807) is 17.0 Å². The minimum Gasteiger partial charge on any atom is -0.377 e. The molecule has 0 N–H and O–H groups in total. The average molecular weight is 331 g/mol. The molecule has 1 amide bonds. The molecule has 3 rings (SSSR count). The Hall–Kier alpha value is -2.27. The van der Waals surface area contributed by atoms with Crippen molar-refractivity contribution in [3.63, 3.8) is 0 Å². The molecule has 0 aromatic heterocycles. The smallest absolute Gasteiger partial charge is 0.263 e. The van der Waals surface area contributed by atoms with Gasteiger partial charge in [0, 0.05) is 12.1 Å². The topological polar surface area (TPSA) is 29.5 Å². The second kappa shape index (κ2) is 7.53. The fourth-order valence-electron chi connectivity index (χ4n) is 2.97. The molecular formula is C19H19F2NO2. The number of alkyl halides is 2. The van der Waals surface area contributed by atoms with Crippen LogP contribution in [0.15, 0.2) is 54.6 Å². The standard InChI is InChI=1S/C19H19F2NO2/c20-19(21)16-8-4-5-14(11-16)12-18(23)22-9-10-24-13-17(22)15-6-2-1-3-7-15/h1-8,11,17,19H,9-10,12-13H2/t17-/m0/s1. The largest absolute Gasteiger partial charge is 0.377 e. The van der Waals surface area contributed by atoms with Gasteiger partial charge in [-0.2, -0.15) is 0 Å². The van der Waals surface area contributed by atoms with Crippen molar-refractivity contribution in [1.29, 1.82) is 0 Å². The van der Waals surface area contributed by atoms with Gasteiger partial charge in [-0.15, -0.1) is 0 Å². The van der Waals surface area contributed by atoms with Crippen LogP contribution in [-0.2, 0) is 16.0 Å². The Labute approximate surface area is 139 Å². The normalized spacial score (nSPS) is 18.0. The Kier molecular flexibility index (Phi) is 5.20. The molecule has 0 unspecified atom stereocenters. The SMILES string of the molecule is O=C(Cc1cccc(C(F)F)c1)N1CCOC[C@H]1c1ccccc1. The highest BCUT2D eigenvalue weighted by atomic mass is 19.3. The highest BCUT2D eigenvalue weighted by Gasteiger charge is 2.28. The van der Waals surface area contributed by atoms with Crippen LogP contribution in [0.3, 0.4) is 0 Å². The third-order valence-corrected chi connectivity index (χ3v) is 4.19. The van der Waals surface area contributed by atoms with E-state index < -0.39 is 6.43 Å². The van der Waals surface area contributed by atoms with Crippen molar-refractivity contribution in [1.82, 2.24) is 4.90 Å². The van der Waals surface area contributed by atoms with Crippen molar-refractivity contribution < 1.29 is 18.3 Å². The van der Waals surface area contributed by atoms with Gasteiger partial charge in [-0.1, -0.05) is 48.5 Å². The van der Waals surface area contributed by atoms with Gasteiger partial charge < -0.3 is 9.64 Å². The van der Waals surface area contributed by atoms with Crippen molar-refractivity contribution in [3.8, 4) is 0 Å². The first-order valence-corrected chi connectivity index (χ1v) is 7.94. The average Bonchev–Trinajstić information content (AvgIpc) is 2.62. The first-order valence-electron chi connectivity index (χ1n) is 7.94. The van der Waals surface area contributed by atoms with Gasteiger partial charge in [0.2, 0.25) is 5.91 Å². The number of nitrogens with zero attached hydrogens (tertiary/aromatic N) is 1. The Morgan fingerprint density at radius 3 is 2.71 bits per heavy atom. The molecule has 1 saturated heterocycles. The van der Waals surface area contributed by atoms with Crippen LogP contribution in [0.5, 0.6) is 0 Å². The molecule has 126 valence electrons. The fraction of sp³-hybridized carbons (Fsp3) is 0.316. The Balaban J connectivity index is 1.76. The van der Waals surface area contributed by atoms with Crippen LogP contribution in [0.25, 0.3) is 0 Å². The van der Waals surface area contributed by atoms with E-state index >= 15 is 0 Å². The van der Waals surface area contributed by atoms with Crippen molar-refractivity contribution in [3.05, 3.63) is 71.3 Å². The van der Waals surface area contributed by atoms with Crippen molar-refractivity contribution in [2.24, 2.45) is 0 Å². The molecule has 0 bridgehead atoms. The molecule has 1 atom stereocenters. The zero-order chi connectivity index (χ0) is 16.9. The lowest BCUT2D eigenvalue weighted by molar-refractivity contribution is -0.139. The minimum atomic E-state index is -2.53. The highest BCUT2D eigenvalue weighted by molar-refractivity contribution is 5.79. The summed E-state index contributed by atoms with van der Waals surface area (Å²) < 4.78 is 31.1. The maximum Gasteiger partial charge on any atom is 0.263 e. The molecule has 2 aromatic rings. The van der Waals surface area contributed by atoms with Crippen LogP contribution in [0.2, 0.25) is 0 Å². The summed E-state index contributed by atoms with van der Waals surface area (Å²) in [6, 6.07) is 15.6. The van der Waals surface area contributed by atoms with Gasteiger partial charge in [-0.05, 0) is 17.2 Å². The van der Waals surface area contributed by atoms with E-state index in [1.807, 2.05) is 30.3 Å². The maximum absolute atomic E-state index is 12.8. The Morgan fingerprint density at radius 2 is 1.96 bits per heavy atom. The number of ether oxygens (including phenoxy) is 1. The van der Waals surface area contributed by atoms with Crippen LogP contribution in [0.4, 0.5) is 8.78 Å². The molecule has 0 saturated carbocycles. The summed E-state index contributed by atoms with van der Waals surface area (Å²) >= 11 is 0. The zero-order valence-corrected chi connectivity index (χ0v) is 13.2. The van der Waals surface area contributed by atoms with E-state index in [0.717, 1.165) is 5.56 Å². The predicted molar refractivity (Wildman–Crippen MR) is 86.8 cm³/mol. The van der Waals surface area contributed by atoms with Gasteiger partial charge in [0.05, 0.1) is 25.7 Å². The van der Waals surface area contributed by atoms with Gasteiger partial charge in [0.25, 0.3) is 6.43 Å². The van der Waals surface area contributed by atoms with E-state index in [9.17, 15) is 13.6 Å². The van der Waals surface area contributed by atoms with Crippen LogP contribution in [-0.4, -0.2) is 30.6 Å². The van der Waals surface area contributed by atoms with Crippen molar-refractivity contribution in [2.45, 2.75) is 18.9 Å². The summed E-state index contributed by atoms with van der Waals surface area (Å²) in [5.74, 6) is -0.0708. The number of amides is 1. The molecule has 0 aliphatic carbocycles. The number of hydrogen-bond donors (Lipinski definition) is 0. The monoisotopic (exact) mass is 331 g/mol. The molecule has 0 radical (unpaired) electrons. The first-order chi connectivity index (χ1) is 11.6. The lowest BCUT2D eigenvalue weighted by Crippen LogP contribution is -2.44. The number of benzene rings is 2. The van der Waals surface area contributed by atoms with E-state index in [4.69, 9.17) is 4.74 Å². The molecule has 1 heterocycles. The summed E-state index contributed by atoms with van der Waals surface area (Å²) in [5.41, 5.74) is 1.57. The number of halogens is 2. The molecule has 0 spiro atoms. The number of hydrogen-bond acceptors (Lipinski definition) is 2. The van der Waals surface area contributed by atoms with Crippen LogP contribution in [0, 0.1) is 0 Å². The van der Waals surface area contributed by atoms with Crippen LogP contribution >= 0.6 is 0 Å². The van der Waals surface area contributed by atoms with E-state index in [1.165, 1.54) is 12.1 Å². The highest BCUT2D eigenvalue weighted by Crippen LogP contribution is 2.25. The molecule has 3 nitrogen and oxygen atoms in total. The molecule has 2 aromatic carbocycles. The second-order valence-electron chi connectivity index (χ2n) is 5.81. The number of carbonyl (C=O) groups is 1. The van der Waals surface area contributed by atoms with Crippen LogP contribution in [0.1, 0.15) is 29.2 Å². The van der Waals surface area contributed by atoms with Crippen molar-refractivity contribution >= 4 is 5.91 Å². The quantitative estimate of drug-likeness (QED) is 0.853. The molecular weight excluding hydrogens is 312 g/mol. The third-order valence-electron chi connectivity index (χ3n) is 4.19. The van der Waals surface area contributed by atoms with E-state index in [0.29, 0.717) is 25.3 Å². The molecule has 1 fully saturated rings. The Morgan fingerprint density at radius 1 is 1.17 bits per heavy atom. The van der Waals surface area contributed by atoms with E-state index in [2.05, 4.69) is 0 Å². The Bertz CT molecular complexity index is 691. The molecule has 5 heteroatoms. The fourth-order valence-corrected chi connectivity index (χ4v) is 2.97. The number of rotatable bonds is 4. The summed E-state index contributed by atoms with van der Waals surface area (Å²) in [5, 5.41) is 0. The number of morpholine rings is 1. The summed E-state index contributed by atoms with van der Waals surface area (Å²) in [7, 11) is 0. The van der Waals surface area contributed by atoms with E-state index in [-0.39, 0.29) is 23.9 Å².